The predicted molar refractivity (Wildman–Crippen MR) is 62.4 cm³/mol. The zero-order chi connectivity index (χ0) is 14.3. The van der Waals surface area contributed by atoms with Gasteiger partial charge in [0.2, 0.25) is 0 Å². The van der Waals surface area contributed by atoms with Gasteiger partial charge in [-0.1, -0.05) is 19.1 Å². The second-order valence-electron chi connectivity index (χ2n) is 4.96. The van der Waals surface area contributed by atoms with Gasteiger partial charge in [-0.05, 0) is 24.5 Å². The number of Topliss-reactive ketones (excluding diaryl/α,β-unsaturated/α-hetero) is 1. The Morgan fingerprint density at radius 3 is 2.37 bits per heavy atom. The Morgan fingerprint density at radius 2 is 1.95 bits per heavy atom. The lowest BCUT2D eigenvalue weighted by molar-refractivity contribution is -0.127. The number of hydrogen-bond donors (Lipinski definition) is 0. The van der Waals surface area contributed by atoms with Crippen LogP contribution < -0.4 is 0 Å². The first-order valence-electron chi connectivity index (χ1n) is 6.17. The first-order valence-corrected chi connectivity index (χ1v) is 6.17. The smallest absolute Gasteiger partial charge is 0.299 e. The molecule has 1 saturated carbocycles. The average molecular weight is 274 g/mol. The summed E-state index contributed by atoms with van der Waals surface area (Å²) in [6.45, 7) is 1.71. The summed E-state index contributed by atoms with van der Waals surface area (Å²) in [7, 11) is 0. The average Bonchev–Trinajstić information content (AvgIpc) is 3.07. The third kappa shape index (κ3) is 2.80. The van der Waals surface area contributed by atoms with E-state index in [9.17, 15) is 22.4 Å². The highest BCUT2D eigenvalue weighted by Gasteiger charge is 2.51. The molecule has 19 heavy (non-hydrogen) atoms. The largest absolute Gasteiger partial charge is 0.393 e. The molecule has 1 aromatic rings. The number of carbonyl (C=O) groups is 1. The summed E-state index contributed by atoms with van der Waals surface area (Å²) in [5.74, 6) is -0.754. The number of carbonyl (C=O) groups excluding carboxylic acids is 1. The maximum atomic E-state index is 13.9. The zero-order valence-electron chi connectivity index (χ0n) is 10.5. The Morgan fingerprint density at radius 1 is 1.32 bits per heavy atom. The summed E-state index contributed by atoms with van der Waals surface area (Å²) < 4.78 is 50.6. The molecule has 0 aliphatic heterocycles. The molecular weight excluding hydrogens is 260 g/mol. The fourth-order valence-electron chi connectivity index (χ4n) is 2.45. The van der Waals surface area contributed by atoms with Crippen LogP contribution in [-0.2, 0) is 16.6 Å². The molecule has 0 saturated heterocycles. The van der Waals surface area contributed by atoms with Gasteiger partial charge in [0.05, 0.1) is 11.8 Å². The molecule has 1 aromatic carbocycles. The Hall–Kier alpha value is -1.39. The van der Waals surface area contributed by atoms with Gasteiger partial charge in [-0.25, -0.2) is 4.39 Å². The van der Waals surface area contributed by atoms with Crippen LogP contribution >= 0.6 is 0 Å². The van der Waals surface area contributed by atoms with Crippen LogP contribution in [-0.4, -0.2) is 12.0 Å². The number of hydrogen-bond acceptors (Lipinski definition) is 1. The predicted octanol–water partition coefficient (Wildman–Crippen LogP) is 3.94. The lowest BCUT2D eigenvalue weighted by Crippen LogP contribution is -2.21. The topological polar surface area (TPSA) is 17.1 Å². The third-order valence-electron chi connectivity index (χ3n) is 3.56. The Kier molecular flexibility index (Phi) is 3.41. The minimum Gasteiger partial charge on any atom is -0.299 e. The number of alkyl halides is 3. The van der Waals surface area contributed by atoms with Crippen LogP contribution in [0.15, 0.2) is 18.2 Å². The maximum absolute atomic E-state index is 13.9. The van der Waals surface area contributed by atoms with Crippen molar-refractivity contribution < 1.29 is 22.4 Å². The molecule has 0 spiro atoms. The van der Waals surface area contributed by atoms with Gasteiger partial charge in [0.1, 0.15) is 11.6 Å². The third-order valence-corrected chi connectivity index (χ3v) is 3.56. The highest BCUT2D eigenvalue weighted by molar-refractivity contribution is 5.92. The summed E-state index contributed by atoms with van der Waals surface area (Å²) in [6.07, 6.45) is -4.04. The van der Waals surface area contributed by atoms with Crippen LogP contribution in [0.3, 0.4) is 0 Å². The standard InChI is InChI=1S/C14H14F4O/c1-2-12(19)13(5-6-13)10-4-3-9(7-11(10)15)8-14(16,17)18/h3-4,7H,2,5-6,8H2,1H3. The molecule has 0 bridgehead atoms. The monoisotopic (exact) mass is 274 g/mol. The summed E-state index contributed by atoms with van der Waals surface area (Å²) in [5, 5.41) is 0. The molecule has 0 aromatic heterocycles. The molecule has 2 rings (SSSR count). The molecule has 1 nitrogen and oxygen atoms in total. The van der Waals surface area contributed by atoms with E-state index >= 15 is 0 Å². The molecule has 0 heterocycles. The first kappa shape index (κ1) is 14.0. The van der Waals surface area contributed by atoms with Gasteiger partial charge in [-0.2, -0.15) is 13.2 Å². The SMILES string of the molecule is CCC(=O)C1(c2ccc(CC(F)(F)F)cc2F)CC1. The van der Waals surface area contributed by atoms with Crippen molar-refractivity contribution >= 4 is 5.78 Å². The summed E-state index contributed by atoms with van der Waals surface area (Å²) >= 11 is 0. The molecule has 0 atom stereocenters. The summed E-state index contributed by atoms with van der Waals surface area (Å²) in [6, 6.07) is 3.48. The molecule has 0 N–H and O–H groups in total. The van der Waals surface area contributed by atoms with Gasteiger partial charge in [0, 0.05) is 12.0 Å². The normalized spacial score (nSPS) is 17.3. The Labute approximate surface area is 108 Å². The Balaban J connectivity index is 2.28. The van der Waals surface area contributed by atoms with Gasteiger partial charge in [0.15, 0.2) is 0 Å². The van der Waals surface area contributed by atoms with Crippen molar-refractivity contribution in [3.8, 4) is 0 Å². The van der Waals surface area contributed by atoms with Crippen molar-refractivity contribution in [2.24, 2.45) is 0 Å². The molecule has 0 unspecified atom stereocenters. The molecule has 0 radical (unpaired) electrons. The van der Waals surface area contributed by atoms with E-state index in [0.717, 1.165) is 6.07 Å². The summed E-state index contributed by atoms with van der Waals surface area (Å²) in [5.41, 5.74) is -0.658. The molecular formula is C14H14F4O. The second-order valence-corrected chi connectivity index (χ2v) is 4.96. The van der Waals surface area contributed by atoms with Gasteiger partial charge in [0.25, 0.3) is 0 Å². The minimum absolute atomic E-state index is 0.0463. The molecule has 1 aliphatic rings. The summed E-state index contributed by atoms with van der Waals surface area (Å²) in [4.78, 5) is 11.8. The van der Waals surface area contributed by atoms with Crippen molar-refractivity contribution in [3.05, 3.63) is 35.1 Å². The van der Waals surface area contributed by atoms with Crippen LogP contribution in [0, 0.1) is 5.82 Å². The van der Waals surface area contributed by atoms with E-state index in [2.05, 4.69) is 0 Å². The van der Waals surface area contributed by atoms with E-state index in [4.69, 9.17) is 0 Å². The molecule has 0 amide bonds. The minimum atomic E-state index is -4.36. The van der Waals surface area contributed by atoms with Crippen LogP contribution in [0.1, 0.15) is 37.3 Å². The lowest BCUT2D eigenvalue weighted by Gasteiger charge is -2.15. The van der Waals surface area contributed by atoms with Crippen molar-refractivity contribution in [1.29, 1.82) is 0 Å². The molecule has 1 fully saturated rings. The van der Waals surface area contributed by atoms with Crippen LogP contribution in [0.25, 0.3) is 0 Å². The van der Waals surface area contributed by atoms with Gasteiger partial charge in [-0.3, -0.25) is 4.79 Å². The van der Waals surface area contributed by atoms with Crippen molar-refractivity contribution in [1.82, 2.24) is 0 Å². The van der Waals surface area contributed by atoms with Crippen LogP contribution in [0.4, 0.5) is 17.6 Å². The van der Waals surface area contributed by atoms with E-state index in [1.807, 2.05) is 0 Å². The fourth-order valence-corrected chi connectivity index (χ4v) is 2.45. The molecule has 5 heteroatoms. The quantitative estimate of drug-likeness (QED) is 0.760. The van der Waals surface area contributed by atoms with Gasteiger partial charge >= 0.3 is 6.18 Å². The number of ketones is 1. The molecule has 1 aliphatic carbocycles. The highest BCUT2D eigenvalue weighted by atomic mass is 19.4. The van der Waals surface area contributed by atoms with Gasteiger partial charge in [-0.15, -0.1) is 0 Å². The van der Waals surface area contributed by atoms with Crippen LogP contribution in [0.2, 0.25) is 0 Å². The van der Waals surface area contributed by atoms with E-state index in [1.165, 1.54) is 12.1 Å². The number of rotatable bonds is 4. The van der Waals surface area contributed by atoms with Crippen molar-refractivity contribution in [2.75, 3.05) is 0 Å². The van der Waals surface area contributed by atoms with E-state index in [-0.39, 0.29) is 16.9 Å². The van der Waals surface area contributed by atoms with E-state index in [0.29, 0.717) is 19.3 Å². The Bertz CT molecular complexity index is 501. The molecule has 104 valence electrons. The second kappa shape index (κ2) is 4.62. The highest BCUT2D eigenvalue weighted by Crippen LogP contribution is 2.50. The van der Waals surface area contributed by atoms with E-state index < -0.39 is 23.8 Å². The van der Waals surface area contributed by atoms with Crippen molar-refractivity contribution in [2.45, 2.75) is 44.2 Å². The lowest BCUT2D eigenvalue weighted by atomic mass is 9.88. The first-order chi connectivity index (χ1) is 8.78. The van der Waals surface area contributed by atoms with E-state index in [1.54, 1.807) is 6.92 Å². The number of halogens is 4. The van der Waals surface area contributed by atoms with Crippen LogP contribution in [0.5, 0.6) is 0 Å². The number of benzene rings is 1. The van der Waals surface area contributed by atoms with Gasteiger partial charge < -0.3 is 0 Å². The fraction of sp³-hybridized carbons (Fsp3) is 0.500. The zero-order valence-corrected chi connectivity index (χ0v) is 10.5. The van der Waals surface area contributed by atoms with Crippen molar-refractivity contribution in [3.63, 3.8) is 0 Å². The maximum Gasteiger partial charge on any atom is 0.393 e.